The summed E-state index contributed by atoms with van der Waals surface area (Å²) in [6.07, 6.45) is 0.893. The SMILES string of the molecule is CCc1ccc(S(=O)(=O)N2CC(C)(C)Nc3ccccc32)cc1. The molecule has 0 fully saturated rings. The Kier molecular flexibility index (Phi) is 3.84. The molecule has 1 aliphatic rings. The number of rotatable bonds is 3. The smallest absolute Gasteiger partial charge is 0.264 e. The molecule has 1 heterocycles. The van der Waals surface area contributed by atoms with Crippen LogP contribution in [0.3, 0.4) is 0 Å². The zero-order valence-electron chi connectivity index (χ0n) is 13.7. The summed E-state index contributed by atoms with van der Waals surface area (Å²) in [7, 11) is -3.58. The number of sulfonamides is 1. The summed E-state index contributed by atoms with van der Waals surface area (Å²) >= 11 is 0. The average Bonchev–Trinajstić information content (AvgIpc) is 2.53. The molecule has 0 radical (unpaired) electrons. The molecule has 0 saturated carbocycles. The highest BCUT2D eigenvalue weighted by Crippen LogP contribution is 2.37. The number of anilines is 2. The van der Waals surface area contributed by atoms with Crippen molar-refractivity contribution in [3.05, 3.63) is 54.1 Å². The molecular weight excluding hydrogens is 308 g/mol. The van der Waals surface area contributed by atoms with E-state index < -0.39 is 10.0 Å². The lowest BCUT2D eigenvalue weighted by atomic mass is 10.0. The van der Waals surface area contributed by atoms with Crippen LogP contribution >= 0.6 is 0 Å². The predicted molar refractivity (Wildman–Crippen MR) is 94.5 cm³/mol. The van der Waals surface area contributed by atoms with Gasteiger partial charge < -0.3 is 5.32 Å². The number of hydrogen-bond acceptors (Lipinski definition) is 3. The number of hydrogen-bond donors (Lipinski definition) is 1. The summed E-state index contributed by atoms with van der Waals surface area (Å²) in [6, 6.07) is 14.7. The molecule has 0 bridgehead atoms. The van der Waals surface area contributed by atoms with Gasteiger partial charge in [0.2, 0.25) is 0 Å². The van der Waals surface area contributed by atoms with E-state index in [4.69, 9.17) is 0 Å². The maximum Gasteiger partial charge on any atom is 0.264 e. The van der Waals surface area contributed by atoms with Crippen LogP contribution in [0.1, 0.15) is 26.3 Å². The summed E-state index contributed by atoms with van der Waals surface area (Å²) in [5.41, 5.74) is 2.35. The number of aryl methyl sites for hydroxylation is 1. The van der Waals surface area contributed by atoms with Crippen LogP contribution < -0.4 is 9.62 Å². The van der Waals surface area contributed by atoms with Crippen molar-refractivity contribution in [1.82, 2.24) is 0 Å². The van der Waals surface area contributed by atoms with Crippen LogP contribution in [0.4, 0.5) is 11.4 Å². The minimum absolute atomic E-state index is 0.329. The van der Waals surface area contributed by atoms with Gasteiger partial charge in [-0.2, -0.15) is 0 Å². The Morgan fingerprint density at radius 2 is 1.74 bits per heavy atom. The van der Waals surface area contributed by atoms with Gasteiger partial charge in [-0.15, -0.1) is 0 Å². The Hall–Kier alpha value is -2.01. The van der Waals surface area contributed by atoms with E-state index in [-0.39, 0.29) is 5.54 Å². The van der Waals surface area contributed by atoms with Crippen LogP contribution in [0.25, 0.3) is 0 Å². The summed E-state index contributed by atoms with van der Waals surface area (Å²) in [6.45, 7) is 6.46. The van der Waals surface area contributed by atoms with Crippen LogP contribution in [0.5, 0.6) is 0 Å². The van der Waals surface area contributed by atoms with Gasteiger partial charge in [-0.1, -0.05) is 31.2 Å². The second-order valence-electron chi connectivity index (χ2n) is 6.54. The lowest BCUT2D eigenvalue weighted by Crippen LogP contribution is -2.50. The van der Waals surface area contributed by atoms with E-state index in [1.807, 2.05) is 50.2 Å². The van der Waals surface area contributed by atoms with Crippen molar-refractivity contribution in [2.75, 3.05) is 16.2 Å². The minimum atomic E-state index is -3.58. The third-order valence-electron chi connectivity index (χ3n) is 4.10. The molecule has 0 unspecified atom stereocenters. The van der Waals surface area contributed by atoms with E-state index >= 15 is 0 Å². The standard InChI is InChI=1S/C18H22N2O2S/c1-4-14-9-11-15(12-10-14)23(21,22)20-13-18(2,3)19-16-7-5-6-8-17(16)20/h5-12,19H,4,13H2,1-3H3. The molecule has 4 nitrogen and oxygen atoms in total. The highest BCUT2D eigenvalue weighted by molar-refractivity contribution is 7.92. The van der Waals surface area contributed by atoms with E-state index in [0.29, 0.717) is 17.1 Å². The normalized spacial score (nSPS) is 16.6. The summed E-state index contributed by atoms with van der Waals surface area (Å²) in [5, 5.41) is 3.40. The van der Waals surface area contributed by atoms with Gasteiger partial charge in [0, 0.05) is 0 Å². The monoisotopic (exact) mass is 330 g/mol. The first kappa shape index (κ1) is 15.9. The van der Waals surface area contributed by atoms with Gasteiger partial charge in [-0.25, -0.2) is 8.42 Å². The van der Waals surface area contributed by atoms with Crippen molar-refractivity contribution in [3.63, 3.8) is 0 Å². The van der Waals surface area contributed by atoms with Gasteiger partial charge in [-0.3, -0.25) is 4.31 Å². The van der Waals surface area contributed by atoms with Crippen molar-refractivity contribution >= 4 is 21.4 Å². The Bertz CT molecular complexity index is 811. The van der Waals surface area contributed by atoms with Gasteiger partial charge in [0.05, 0.1) is 28.4 Å². The topological polar surface area (TPSA) is 49.4 Å². The Labute approximate surface area is 138 Å². The molecule has 1 N–H and O–H groups in total. The molecule has 0 spiro atoms. The fraction of sp³-hybridized carbons (Fsp3) is 0.333. The maximum absolute atomic E-state index is 13.1. The summed E-state index contributed by atoms with van der Waals surface area (Å²) in [4.78, 5) is 0.335. The molecule has 0 atom stereocenters. The van der Waals surface area contributed by atoms with Crippen molar-refractivity contribution in [2.24, 2.45) is 0 Å². The lowest BCUT2D eigenvalue weighted by molar-refractivity contribution is 0.543. The quantitative estimate of drug-likeness (QED) is 0.934. The van der Waals surface area contributed by atoms with Crippen LogP contribution in [0.15, 0.2) is 53.4 Å². The van der Waals surface area contributed by atoms with E-state index in [2.05, 4.69) is 12.2 Å². The van der Waals surface area contributed by atoms with Gasteiger partial charge in [0.15, 0.2) is 0 Å². The van der Waals surface area contributed by atoms with Crippen molar-refractivity contribution in [1.29, 1.82) is 0 Å². The van der Waals surface area contributed by atoms with Crippen LogP contribution in [-0.2, 0) is 16.4 Å². The molecule has 2 aromatic rings. The van der Waals surface area contributed by atoms with Crippen molar-refractivity contribution < 1.29 is 8.42 Å². The number of nitrogens with one attached hydrogen (secondary N) is 1. The molecule has 5 heteroatoms. The first-order chi connectivity index (χ1) is 10.8. The first-order valence-electron chi connectivity index (χ1n) is 7.82. The average molecular weight is 330 g/mol. The van der Waals surface area contributed by atoms with Gasteiger partial charge >= 0.3 is 0 Å². The van der Waals surface area contributed by atoms with E-state index in [1.54, 1.807) is 12.1 Å². The molecule has 1 aliphatic heterocycles. The fourth-order valence-corrected chi connectivity index (χ4v) is 4.53. The van der Waals surface area contributed by atoms with E-state index in [0.717, 1.165) is 17.7 Å². The Balaban J connectivity index is 2.08. The number of fused-ring (bicyclic) bond motifs is 1. The molecule has 122 valence electrons. The zero-order valence-corrected chi connectivity index (χ0v) is 14.5. The number of nitrogens with zero attached hydrogens (tertiary/aromatic N) is 1. The van der Waals surface area contributed by atoms with Crippen LogP contribution in [0.2, 0.25) is 0 Å². The highest BCUT2D eigenvalue weighted by atomic mass is 32.2. The predicted octanol–water partition coefficient (Wildman–Crippen LogP) is 3.65. The third kappa shape index (κ3) is 2.93. The minimum Gasteiger partial charge on any atom is -0.377 e. The number of para-hydroxylation sites is 2. The Morgan fingerprint density at radius 3 is 2.39 bits per heavy atom. The molecule has 0 amide bonds. The molecule has 23 heavy (non-hydrogen) atoms. The van der Waals surface area contributed by atoms with Crippen molar-refractivity contribution in [3.8, 4) is 0 Å². The number of benzene rings is 2. The van der Waals surface area contributed by atoms with Crippen LogP contribution in [-0.4, -0.2) is 20.5 Å². The summed E-state index contributed by atoms with van der Waals surface area (Å²) < 4.78 is 27.8. The van der Waals surface area contributed by atoms with E-state index in [9.17, 15) is 8.42 Å². The fourth-order valence-electron chi connectivity index (χ4n) is 2.88. The second-order valence-corrected chi connectivity index (χ2v) is 8.40. The zero-order chi connectivity index (χ0) is 16.7. The Morgan fingerprint density at radius 1 is 1.09 bits per heavy atom. The molecule has 0 aromatic heterocycles. The first-order valence-corrected chi connectivity index (χ1v) is 9.26. The van der Waals surface area contributed by atoms with Gasteiger partial charge in [0.1, 0.15) is 0 Å². The lowest BCUT2D eigenvalue weighted by Gasteiger charge is -2.41. The largest absolute Gasteiger partial charge is 0.377 e. The maximum atomic E-state index is 13.1. The third-order valence-corrected chi connectivity index (χ3v) is 5.88. The molecule has 0 saturated heterocycles. The van der Waals surface area contributed by atoms with Crippen molar-refractivity contribution in [2.45, 2.75) is 37.6 Å². The molecule has 0 aliphatic carbocycles. The highest BCUT2D eigenvalue weighted by Gasteiger charge is 2.36. The van der Waals surface area contributed by atoms with Crippen LogP contribution in [0, 0.1) is 0 Å². The second kappa shape index (κ2) is 5.57. The van der Waals surface area contributed by atoms with Gasteiger partial charge in [-0.05, 0) is 50.1 Å². The molecular formula is C18H22N2O2S. The summed E-state index contributed by atoms with van der Waals surface area (Å²) in [5.74, 6) is 0. The molecule has 2 aromatic carbocycles. The van der Waals surface area contributed by atoms with E-state index in [1.165, 1.54) is 4.31 Å². The molecule has 3 rings (SSSR count). The van der Waals surface area contributed by atoms with Gasteiger partial charge in [0.25, 0.3) is 10.0 Å².